The van der Waals surface area contributed by atoms with Gasteiger partial charge in [0.2, 0.25) is 0 Å². The molecule has 0 bridgehead atoms. The Labute approximate surface area is 210 Å². The maximum absolute atomic E-state index is 13.4. The number of piperidine rings is 1. The van der Waals surface area contributed by atoms with Crippen LogP contribution in [0.4, 0.5) is 5.82 Å². The Balaban J connectivity index is 1.32. The topological polar surface area (TPSA) is 58.1 Å². The van der Waals surface area contributed by atoms with Gasteiger partial charge in [-0.1, -0.05) is 19.9 Å². The number of piperazine rings is 1. The minimum absolute atomic E-state index is 0.0954. The van der Waals surface area contributed by atoms with Crippen molar-refractivity contribution in [3.63, 3.8) is 0 Å². The van der Waals surface area contributed by atoms with Crippen LogP contribution in [-0.4, -0.2) is 79.7 Å². The lowest BCUT2D eigenvalue weighted by Crippen LogP contribution is -2.50. The number of anilines is 1. The molecule has 7 heteroatoms. The Kier molecular flexibility index (Phi) is 9.23. The molecule has 2 aromatic rings. The standard InChI is InChI=1S/C28H40N4O3/c1-3-18-34-25-11-10-24(20-26(25)35-19-4-2)28(33)32-13-7-8-23(22-32)21-30-14-16-31(17-15-30)27-9-5-6-12-29-27/h5-6,9-12,20,23H,3-4,7-8,13-19,21-22H2,1-2H3. The molecule has 1 amide bonds. The first-order chi connectivity index (χ1) is 17.2. The van der Waals surface area contributed by atoms with E-state index in [1.807, 2.05) is 41.4 Å². The van der Waals surface area contributed by atoms with Crippen molar-refractivity contribution in [3.05, 3.63) is 48.2 Å². The minimum Gasteiger partial charge on any atom is -0.490 e. The lowest BCUT2D eigenvalue weighted by Gasteiger charge is -2.39. The molecule has 4 rings (SSSR count). The molecule has 0 saturated carbocycles. The van der Waals surface area contributed by atoms with Gasteiger partial charge in [-0.05, 0) is 61.9 Å². The Morgan fingerprint density at radius 3 is 2.46 bits per heavy atom. The van der Waals surface area contributed by atoms with E-state index in [4.69, 9.17) is 9.47 Å². The molecule has 2 saturated heterocycles. The van der Waals surface area contributed by atoms with Gasteiger partial charge in [-0.15, -0.1) is 0 Å². The number of aromatic nitrogens is 1. The number of likely N-dealkylation sites (tertiary alicyclic amines) is 1. The van der Waals surface area contributed by atoms with E-state index in [0.717, 1.165) is 76.6 Å². The molecule has 1 atom stereocenters. The van der Waals surface area contributed by atoms with Crippen LogP contribution in [0.3, 0.4) is 0 Å². The van der Waals surface area contributed by atoms with Crippen LogP contribution >= 0.6 is 0 Å². The molecule has 0 aliphatic carbocycles. The summed E-state index contributed by atoms with van der Waals surface area (Å²) >= 11 is 0. The summed E-state index contributed by atoms with van der Waals surface area (Å²) < 4.78 is 11.8. The van der Waals surface area contributed by atoms with Gasteiger partial charge in [0, 0.05) is 57.6 Å². The highest BCUT2D eigenvalue weighted by Gasteiger charge is 2.28. The van der Waals surface area contributed by atoms with E-state index >= 15 is 0 Å². The van der Waals surface area contributed by atoms with Crippen LogP contribution in [0.15, 0.2) is 42.6 Å². The lowest BCUT2D eigenvalue weighted by molar-refractivity contribution is 0.0636. The summed E-state index contributed by atoms with van der Waals surface area (Å²) in [5.41, 5.74) is 0.685. The van der Waals surface area contributed by atoms with Crippen molar-refractivity contribution < 1.29 is 14.3 Å². The Morgan fingerprint density at radius 2 is 1.74 bits per heavy atom. The van der Waals surface area contributed by atoms with Gasteiger partial charge in [0.05, 0.1) is 13.2 Å². The van der Waals surface area contributed by atoms with Crippen molar-refractivity contribution in [1.82, 2.24) is 14.8 Å². The third-order valence-electron chi connectivity index (χ3n) is 6.78. The number of hydrogen-bond acceptors (Lipinski definition) is 6. The van der Waals surface area contributed by atoms with Crippen molar-refractivity contribution in [3.8, 4) is 11.5 Å². The van der Waals surface area contributed by atoms with Gasteiger partial charge in [0.1, 0.15) is 5.82 Å². The zero-order chi connectivity index (χ0) is 24.5. The summed E-state index contributed by atoms with van der Waals surface area (Å²) in [6.45, 7) is 12.2. The first-order valence-corrected chi connectivity index (χ1v) is 13.2. The summed E-state index contributed by atoms with van der Waals surface area (Å²) in [4.78, 5) is 24.8. The predicted octanol–water partition coefficient (Wildman–Crippen LogP) is 4.33. The number of rotatable bonds is 10. The average molecular weight is 481 g/mol. The molecule has 35 heavy (non-hydrogen) atoms. The lowest BCUT2D eigenvalue weighted by atomic mass is 9.96. The maximum Gasteiger partial charge on any atom is 0.254 e. The van der Waals surface area contributed by atoms with Crippen LogP contribution in [0.25, 0.3) is 0 Å². The summed E-state index contributed by atoms with van der Waals surface area (Å²) in [6, 6.07) is 11.7. The zero-order valence-corrected chi connectivity index (χ0v) is 21.3. The molecule has 0 radical (unpaired) electrons. The summed E-state index contributed by atoms with van der Waals surface area (Å²) in [6.07, 6.45) is 5.94. The average Bonchev–Trinajstić information content (AvgIpc) is 2.91. The normalized spacial score (nSPS) is 19.0. The van der Waals surface area contributed by atoms with E-state index in [2.05, 4.69) is 34.7 Å². The van der Waals surface area contributed by atoms with E-state index < -0.39 is 0 Å². The largest absolute Gasteiger partial charge is 0.490 e. The molecular formula is C28H40N4O3. The quantitative estimate of drug-likeness (QED) is 0.504. The summed E-state index contributed by atoms with van der Waals surface area (Å²) in [5, 5.41) is 0. The second-order valence-corrected chi connectivity index (χ2v) is 9.59. The Bertz CT molecular complexity index is 931. The summed E-state index contributed by atoms with van der Waals surface area (Å²) in [7, 11) is 0. The number of pyridine rings is 1. The first kappa shape index (κ1) is 25.3. The summed E-state index contributed by atoms with van der Waals surface area (Å²) in [5.74, 6) is 3.06. The van der Waals surface area contributed by atoms with E-state index in [1.54, 1.807) is 0 Å². The third kappa shape index (κ3) is 6.88. The smallest absolute Gasteiger partial charge is 0.254 e. The minimum atomic E-state index is 0.0954. The molecule has 0 N–H and O–H groups in total. The van der Waals surface area contributed by atoms with Crippen molar-refractivity contribution in [1.29, 1.82) is 0 Å². The fourth-order valence-corrected chi connectivity index (χ4v) is 4.94. The van der Waals surface area contributed by atoms with E-state index in [1.165, 1.54) is 6.42 Å². The van der Waals surface area contributed by atoms with Crippen LogP contribution < -0.4 is 14.4 Å². The number of nitrogens with zero attached hydrogens (tertiary/aromatic N) is 4. The molecule has 190 valence electrons. The van der Waals surface area contributed by atoms with Gasteiger partial charge in [-0.25, -0.2) is 4.98 Å². The zero-order valence-electron chi connectivity index (χ0n) is 21.3. The highest BCUT2D eigenvalue weighted by molar-refractivity contribution is 5.95. The number of hydrogen-bond donors (Lipinski definition) is 0. The van der Waals surface area contributed by atoms with Crippen LogP contribution in [-0.2, 0) is 0 Å². The van der Waals surface area contributed by atoms with E-state index in [-0.39, 0.29) is 5.91 Å². The molecule has 7 nitrogen and oxygen atoms in total. The molecule has 0 spiro atoms. The molecule has 2 aliphatic rings. The second-order valence-electron chi connectivity index (χ2n) is 9.59. The Morgan fingerprint density at radius 1 is 0.971 bits per heavy atom. The highest BCUT2D eigenvalue weighted by Crippen LogP contribution is 2.30. The maximum atomic E-state index is 13.4. The molecule has 1 aromatic heterocycles. The second kappa shape index (κ2) is 12.8. The third-order valence-corrected chi connectivity index (χ3v) is 6.78. The number of carbonyl (C=O) groups excluding carboxylic acids is 1. The number of benzene rings is 1. The molecule has 2 aliphatic heterocycles. The van der Waals surface area contributed by atoms with E-state index in [0.29, 0.717) is 30.4 Å². The van der Waals surface area contributed by atoms with Gasteiger partial charge < -0.3 is 19.3 Å². The number of carbonyl (C=O) groups is 1. The highest BCUT2D eigenvalue weighted by atomic mass is 16.5. The molecular weight excluding hydrogens is 440 g/mol. The van der Waals surface area contributed by atoms with Gasteiger partial charge in [-0.2, -0.15) is 0 Å². The van der Waals surface area contributed by atoms with Crippen molar-refractivity contribution in [2.24, 2.45) is 5.92 Å². The van der Waals surface area contributed by atoms with Crippen LogP contribution in [0.1, 0.15) is 49.9 Å². The SMILES string of the molecule is CCCOc1ccc(C(=O)N2CCCC(CN3CCN(c4ccccn4)CC3)C2)cc1OCCC. The van der Waals surface area contributed by atoms with Gasteiger partial charge >= 0.3 is 0 Å². The first-order valence-electron chi connectivity index (χ1n) is 13.2. The monoisotopic (exact) mass is 480 g/mol. The van der Waals surface area contributed by atoms with E-state index in [9.17, 15) is 4.79 Å². The van der Waals surface area contributed by atoms with Crippen molar-refractivity contribution in [2.45, 2.75) is 39.5 Å². The number of amides is 1. The fraction of sp³-hybridized carbons (Fsp3) is 0.571. The van der Waals surface area contributed by atoms with Crippen LogP contribution in [0.5, 0.6) is 11.5 Å². The van der Waals surface area contributed by atoms with Gasteiger partial charge in [0.15, 0.2) is 11.5 Å². The fourth-order valence-electron chi connectivity index (χ4n) is 4.94. The molecule has 1 unspecified atom stereocenters. The number of ether oxygens (including phenoxy) is 2. The van der Waals surface area contributed by atoms with Crippen molar-refractivity contribution in [2.75, 3.05) is 63.9 Å². The predicted molar refractivity (Wildman–Crippen MR) is 140 cm³/mol. The van der Waals surface area contributed by atoms with Crippen LogP contribution in [0.2, 0.25) is 0 Å². The van der Waals surface area contributed by atoms with Crippen LogP contribution in [0, 0.1) is 5.92 Å². The molecule has 3 heterocycles. The van der Waals surface area contributed by atoms with Gasteiger partial charge in [0.25, 0.3) is 5.91 Å². The molecule has 2 fully saturated rings. The Hall–Kier alpha value is -2.80. The van der Waals surface area contributed by atoms with Gasteiger partial charge in [-0.3, -0.25) is 9.69 Å². The van der Waals surface area contributed by atoms with Crippen molar-refractivity contribution >= 4 is 11.7 Å². The molecule has 1 aromatic carbocycles.